The molecule has 0 aliphatic carbocycles. The van der Waals surface area contributed by atoms with Crippen LogP contribution in [-0.4, -0.2) is 56.6 Å². The molecule has 0 aliphatic heterocycles. The van der Waals surface area contributed by atoms with E-state index in [1.54, 1.807) is 31.2 Å². The largest absolute Gasteiger partial charge is 0.460 e. The van der Waals surface area contributed by atoms with Gasteiger partial charge in [0.2, 0.25) is 12.6 Å². The van der Waals surface area contributed by atoms with Crippen LogP contribution in [0.3, 0.4) is 0 Å². The molecule has 0 spiro atoms. The van der Waals surface area contributed by atoms with Gasteiger partial charge in [0, 0.05) is 42.2 Å². The molecular formula is C32H38F3N8O5+. The Hall–Kier alpha value is -4.93. The molecule has 1 amide bonds. The van der Waals surface area contributed by atoms with E-state index >= 15 is 4.39 Å². The number of nitrogens with two attached hydrogens (primary N) is 2. The SMILES string of the molecule is CC(OC(=O)N(C)c1ccccc1COC(=O)[C@@H](N)CCCN)[n+]1cnn(C[C@](O)(c2ccc(F)cc2F)[C@@H](C)c2ncncc2F)c1. The van der Waals surface area contributed by atoms with Crippen LogP contribution in [0.15, 0.2) is 67.6 Å². The third-order valence-corrected chi connectivity index (χ3v) is 7.93. The number of ether oxygens (including phenoxy) is 2. The molecule has 0 aliphatic rings. The van der Waals surface area contributed by atoms with Gasteiger partial charge in [0.15, 0.2) is 5.82 Å². The van der Waals surface area contributed by atoms with Gasteiger partial charge < -0.3 is 26.0 Å². The number of rotatable bonds is 14. The van der Waals surface area contributed by atoms with E-state index in [1.165, 1.54) is 40.8 Å². The second kappa shape index (κ2) is 15.8. The van der Waals surface area contributed by atoms with Gasteiger partial charge in [0.25, 0.3) is 6.33 Å². The van der Waals surface area contributed by atoms with E-state index in [9.17, 15) is 23.5 Å². The van der Waals surface area contributed by atoms with Crippen molar-refractivity contribution in [3.63, 3.8) is 0 Å². The van der Waals surface area contributed by atoms with Crippen molar-refractivity contribution in [2.45, 2.75) is 63.6 Å². The molecule has 0 saturated carbocycles. The van der Waals surface area contributed by atoms with Crippen LogP contribution in [0.25, 0.3) is 0 Å². The lowest BCUT2D eigenvalue weighted by molar-refractivity contribution is -0.753. The van der Waals surface area contributed by atoms with E-state index < -0.39 is 59.8 Å². The highest BCUT2D eigenvalue weighted by molar-refractivity contribution is 5.88. The maximum absolute atomic E-state index is 15.1. The van der Waals surface area contributed by atoms with Gasteiger partial charge in [0.1, 0.15) is 42.8 Å². The zero-order valence-electron chi connectivity index (χ0n) is 26.7. The van der Waals surface area contributed by atoms with Crippen LogP contribution < -0.4 is 20.9 Å². The number of benzene rings is 2. The Bertz CT molecular complexity index is 1730. The van der Waals surface area contributed by atoms with E-state index in [0.717, 1.165) is 24.7 Å². The molecule has 4 rings (SSSR count). The molecule has 2 aromatic heterocycles. The van der Waals surface area contributed by atoms with Crippen LogP contribution in [-0.2, 0) is 33.0 Å². The number of aromatic nitrogens is 5. The Morgan fingerprint density at radius 3 is 2.60 bits per heavy atom. The van der Waals surface area contributed by atoms with Crippen LogP contribution in [0.1, 0.15) is 55.7 Å². The van der Waals surface area contributed by atoms with Crippen molar-refractivity contribution < 1.29 is 41.9 Å². The van der Waals surface area contributed by atoms with Gasteiger partial charge in [-0.15, -0.1) is 4.68 Å². The second-order valence-electron chi connectivity index (χ2n) is 11.2. The minimum absolute atomic E-state index is 0.130. The highest BCUT2D eigenvalue weighted by atomic mass is 19.1. The molecule has 5 N–H and O–H groups in total. The number of para-hydroxylation sites is 1. The van der Waals surface area contributed by atoms with Gasteiger partial charge in [-0.05, 0) is 31.5 Å². The maximum atomic E-state index is 15.1. The van der Waals surface area contributed by atoms with Gasteiger partial charge in [-0.2, -0.15) is 4.57 Å². The lowest BCUT2D eigenvalue weighted by Crippen LogP contribution is -2.42. The van der Waals surface area contributed by atoms with Crippen molar-refractivity contribution >= 4 is 17.7 Å². The molecule has 4 aromatic rings. The highest BCUT2D eigenvalue weighted by Crippen LogP contribution is 2.39. The first-order valence-corrected chi connectivity index (χ1v) is 15.1. The third-order valence-electron chi connectivity index (χ3n) is 7.93. The summed E-state index contributed by atoms with van der Waals surface area (Å²) in [5.41, 5.74) is 9.63. The van der Waals surface area contributed by atoms with Gasteiger partial charge in [-0.3, -0.25) is 9.69 Å². The van der Waals surface area contributed by atoms with E-state index in [1.807, 2.05) is 0 Å². The molecule has 48 heavy (non-hydrogen) atoms. The highest BCUT2D eigenvalue weighted by Gasteiger charge is 2.43. The van der Waals surface area contributed by atoms with Crippen molar-refractivity contribution in [1.82, 2.24) is 19.7 Å². The smallest absolute Gasteiger partial charge is 0.416 e. The fourth-order valence-corrected chi connectivity index (χ4v) is 5.07. The minimum Gasteiger partial charge on any atom is -0.460 e. The van der Waals surface area contributed by atoms with Crippen molar-refractivity contribution in [2.24, 2.45) is 11.5 Å². The number of esters is 1. The molecule has 0 radical (unpaired) electrons. The molecule has 16 heteroatoms. The summed E-state index contributed by atoms with van der Waals surface area (Å²) in [6, 6.07) is 8.65. The second-order valence-corrected chi connectivity index (χ2v) is 11.2. The Morgan fingerprint density at radius 2 is 1.90 bits per heavy atom. The monoisotopic (exact) mass is 671 g/mol. The summed E-state index contributed by atoms with van der Waals surface area (Å²) in [7, 11) is 1.49. The minimum atomic E-state index is -2.17. The number of hydrogen-bond acceptors (Lipinski definition) is 10. The molecule has 0 saturated heterocycles. The Kier molecular flexibility index (Phi) is 11.8. The lowest BCUT2D eigenvalue weighted by Gasteiger charge is -2.32. The van der Waals surface area contributed by atoms with E-state index in [-0.39, 0.29) is 17.9 Å². The summed E-state index contributed by atoms with van der Waals surface area (Å²) in [5, 5.41) is 16.1. The summed E-state index contributed by atoms with van der Waals surface area (Å²) in [4.78, 5) is 34.3. The summed E-state index contributed by atoms with van der Waals surface area (Å²) in [6.45, 7) is 2.86. The van der Waals surface area contributed by atoms with Crippen molar-refractivity contribution in [3.05, 3.63) is 102 Å². The normalized spacial score (nSPS) is 14.4. The van der Waals surface area contributed by atoms with Crippen molar-refractivity contribution in [2.75, 3.05) is 18.5 Å². The van der Waals surface area contributed by atoms with Crippen LogP contribution in [0.2, 0.25) is 0 Å². The average molecular weight is 672 g/mol. The first-order valence-electron chi connectivity index (χ1n) is 15.1. The van der Waals surface area contributed by atoms with E-state index in [0.29, 0.717) is 36.7 Å². The number of carbonyl (C=O) groups is 2. The first-order chi connectivity index (χ1) is 22.8. The number of carbonyl (C=O) groups excluding carboxylic acids is 2. The molecule has 0 bridgehead atoms. The molecule has 13 nitrogen and oxygen atoms in total. The van der Waals surface area contributed by atoms with E-state index in [4.69, 9.17) is 20.9 Å². The Morgan fingerprint density at radius 1 is 1.15 bits per heavy atom. The summed E-state index contributed by atoms with van der Waals surface area (Å²) in [5.74, 6) is -4.46. The summed E-state index contributed by atoms with van der Waals surface area (Å²) >= 11 is 0. The number of aliphatic hydroxyl groups is 1. The number of hydrogen-bond donors (Lipinski definition) is 3. The number of amides is 1. The topological polar surface area (TPSA) is 176 Å². The van der Waals surface area contributed by atoms with E-state index in [2.05, 4.69) is 15.1 Å². The number of nitrogens with zero attached hydrogens (tertiary/aromatic N) is 6. The predicted octanol–water partition coefficient (Wildman–Crippen LogP) is 2.97. The van der Waals surface area contributed by atoms with Gasteiger partial charge >= 0.3 is 12.1 Å². The quantitative estimate of drug-likeness (QED) is 0.134. The Labute approximate surface area is 274 Å². The zero-order chi connectivity index (χ0) is 35.0. The molecule has 1 unspecified atom stereocenters. The molecule has 2 aromatic carbocycles. The van der Waals surface area contributed by atoms with Crippen molar-refractivity contribution in [3.8, 4) is 0 Å². The number of halogens is 3. The lowest BCUT2D eigenvalue weighted by atomic mass is 9.79. The summed E-state index contributed by atoms with van der Waals surface area (Å²) in [6.07, 6.45) is 4.01. The standard InChI is InChI=1S/C32H38F3N8O5/c1-20(29-26(35)14-38-17-39-29)32(46,24-11-10-23(33)13-25(24)34)16-43-19-42(18-40-43)21(2)48-31(45)41(3)28-9-5-4-7-22(28)15-47-30(44)27(37)8-6-12-36/h4-5,7,9-11,13-14,17-21,27,46H,6,8,12,15-16,36-37H2,1-3H3/q+1/t20-,21?,27-,32+/m0/s1. The van der Waals surface area contributed by atoms with Gasteiger partial charge in [0.05, 0.1) is 17.6 Å². The first kappa shape index (κ1) is 35.9. The number of anilines is 1. The van der Waals surface area contributed by atoms with Gasteiger partial charge in [-0.1, -0.05) is 31.2 Å². The zero-order valence-corrected chi connectivity index (χ0v) is 26.7. The van der Waals surface area contributed by atoms with Crippen LogP contribution in [0, 0.1) is 17.5 Å². The van der Waals surface area contributed by atoms with Crippen LogP contribution in [0.4, 0.5) is 23.7 Å². The maximum Gasteiger partial charge on any atom is 0.416 e. The van der Waals surface area contributed by atoms with Crippen LogP contribution in [0.5, 0.6) is 0 Å². The van der Waals surface area contributed by atoms with Crippen LogP contribution >= 0.6 is 0 Å². The molecule has 4 atom stereocenters. The van der Waals surface area contributed by atoms with Gasteiger partial charge in [-0.25, -0.2) is 27.9 Å². The molecule has 256 valence electrons. The van der Waals surface area contributed by atoms with Crippen molar-refractivity contribution in [1.29, 1.82) is 0 Å². The molecular weight excluding hydrogens is 633 g/mol. The Balaban J connectivity index is 1.49. The summed E-state index contributed by atoms with van der Waals surface area (Å²) < 4.78 is 57.2. The molecule has 0 fully saturated rings. The molecule has 2 heterocycles. The third kappa shape index (κ3) is 8.31. The fraction of sp³-hybridized carbons (Fsp3) is 0.375. The average Bonchev–Trinajstić information content (AvgIpc) is 3.54. The fourth-order valence-electron chi connectivity index (χ4n) is 5.07. The predicted molar refractivity (Wildman–Crippen MR) is 165 cm³/mol.